The van der Waals surface area contributed by atoms with Crippen LogP contribution in [0, 0.1) is 13.8 Å². The second kappa shape index (κ2) is 10.1. The largest absolute Gasteiger partial charge is 0.355 e. The smallest absolute Gasteiger partial charge is 0.239 e. The molecule has 0 aliphatic heterocycles. The fourth-order valence-corrected chi connectivity index (χ4v) is 3.55. The summed E-state index contributed by atoms with van der Waals surface area (Å²) in [6.07, 6.45) is 0.866. The van der Waals surface area contributed by atoms with E-state index in [-0.39, 0.29) is 24.1 Å². The Morgan fingerprint density at radius 2 is 1.92 bits per heavy atom. The van der Waals surface area contributed by atoms with E-state index in [4.69, 9.17) is 0 Å². The molecule has 0 saturated carbocycles. The van der Waals surface area contributed by atoms with Crippen LogP contribution in [-0.4, -0.2) is 40.9 Å². The second-order valence-corrected chi connectivity index (χ2v) is 7.91. The van der Waals surface area contributed by atoms with Gasteiger partial charge in [0.1, 0.15) is 0 Å². The number of nitrogens with one attached hydrogen (secondary N) is 3. The number of benzene rings is 1. The van der Waals surface area contributed by atoms with Crippen LogP contribution < -0.4 is 16.0 Å². The molecular weight excluding hydrogens is 370 g/mol. The molecule has 0 aliphatic carbocycles. The van der Waals surface area contributed by atoms with Crippen molar-refractivity contribution in [3.63, 3.8) is 0 Å². The van der Waals surface area contributed by atoms with Crippen molar-refractivity contribution in [1.82, 2.24) is 20.8 Å². The molecule has 0 saturated heterocycles. The Morgan fingerprint density at radius 3 is 2.65 bits per heavy atom. The minimum Gasteiger partial charge on any atom is -0.355 e. The lowest BCUT2D eigenvalue weighted by Gasteiger charge is -2.05. The average molecular weight is 394 g/mol. The van der Waals surface area contributed by atoms with Crippen LogP contribution in [0.5, 0.6) is 0 Å². The minimum absolute atomic E-state index is 0.00487. The number of hydrogen-bond donors (Lipinski definition) is 3. The van der Waals surface area contributed by atoms with E-state index in [9.17, 15) is 9.59 Å². The molecule has 0 atom stereocenters. The Morgan fingerprint density at radius 1 is 1.12 bits per heavy atom. The molecule has 3 N–H and O–H groups in total. The highest BCUT2D eigenvalue weighted by Crippen LogP contribution is 2.28. The van der Waals surface area contributed by atoms with Gasteiger partial charge in [0.2, 0.25) is 16.9 Å². The Hall–Kier alpha value is -2.13. The van der Waals surface area contributed by atoms with Gasteiger partial charge < -0.3 is 16.0 Å². The third-order valence-electron chi connectivity index (χ3n) is 3.51. The van der Waals surface area contributed by atoms with Gasteiger partial charge in [-0.2, -0.15) is 0 Å². The lowest BCUT2D eigenvalue weighted by atomic mass is 10.1. The molecular formula is C17H23N5O2S2. The summed E-state index contributed by atoms with van der Waals surface area (Å²) in [5, 5.41) is 17.3. The van der Waals surface area contributed by atoms with Gasteiger partial charge in [0.05, 0.1) is 12.3 Å². The molecule has 0 unspecified atom stereocenters. The molecule has 1 aromatic heterocycles. The van der Waals surface area contributed by atoms with Crippen LogP contribution in [0.25, 0.3) is 0 Å². The number of aromatic nitrogens is 2. The van der Waals surface area contributed by atoms with Crippen molar-refractivity contribution in [1.29, 1.82) is 0 Å². The molecule has 0 radical (unpaired) electrons. The summed E-state index contributed by atoms with van der Waals surface area (Å²) in [5.74, 6) is -0.194. The van der Waals surface area contributed by atoms with Crippen molar-refractivity contribution < 1.29 is 9.59 Å². The third-order valence-corrected chi connectivity index (χ3v) is 5.48. The number of aryl methyl sites for hydroxylation is 2. The predicted octanol–water partition coefficient (Wildman–Crippen LogP) is 2.63. The van der Waals surface area contributed by atoms with Crippen LogP contribution in [0.3, 0.4) is 0 Å². The third kappa shape index (κ3) is 6.64. The molecule has 2 rings (SSSR count). The number of amides is 2. The van der Waals surface area contributed by atoms with Crippen molar-refractivity contribution in [2.24, 2.45) is 0 Å². The van der Waals surface area contributed by atoms with Crippen molar-refractivity contribution in [3.8, 4) is 0 Å². The Balaban J connectivity index is 1.76. The van der Waals surface area contributed by atoms with Crippen LogP contribution in [0.2, 0.25) is 0 Å². The molecule has 140 valence electrons. The molecule has 26 heavy (non-hydrogen) atoms. The highest BCUT2D eigenvalue weighted by Gasteiger charge is 2.10. The summed E-state index contributed by atoms with van der Waals surface area (Å²) < 4.78 is 0.696. The molecule has 1 heterocycles. The van der Waals surface area contributed by atoms with E-state index in [0.717, 1.165) is 12.1 Å². The molecule has 2 aromatic rings. The van der Waals surface area contributed by atoms with Crippen LogP contribution in [0.4, 0.5) is 10.8 Å². The first-order valence-corrected chi connectivity index (χ1v) is 10.1. The maximum absolute atomic E-state index is 11.8. The van der Waals surface area contributed by atoms with Gasteiger partial charge in [-0.05, 0) is 43.5 Å². The summed E-state index contributed by atoms with van der Waals surface area (Å²) >= 11 is 2.68. The number of hydrogen-bond acceptors (Lipinski definition) is 7. The molecule has 0 bridgehead atoms. The molecule has 0 aliphatic rings. The average Bonchev–Trinajstić information content (AvgIpc) is 3.07. The zero-order chi connectivity index (χ0) is 18.9. The van der Waals surface area contributed by atoms with E-state index in [0.29, 0.717) is 16.0 Å². The van der Waals surface area contributed by atoms with Gasteiger partial charge in [-0.3, -0.25) is 9.59 Å². The van der Waals surface area contributed by atoms with Gasteiger partial charge in [0.25, 0.3) is 0 Å². The van der Waals surface area contributed by atoms with E-state index in [1.165, 1.54) is 34.2 Å². The van der Waals surface area contributed by atoms with Crippen molar-refractivity contribution >= 4 is 45.7 Å². The first-order valence-electron chi connectivity index (χ1n) is 8.32. The normalized spacial score (nSPS) is 10.4. The van der Waals surface area contributed by atoms with Gasteiger partial charge in [-0.25, -0.2) is 0 Å². The maximum Gasteiger partial charge on any atom is 0.239 e. The number of carbonyl (C=O) groups excluding carboxylic acids is 2. The van der Waals surface area contributed by atoms with Crippen molar-refractivity contribution in [3.05, 3.63) is 29.3 Å². The van der Waals surface area contributed by atoms with Gasteiger partial charge in [0.15, 0.2) is 4.34 Å². The van der Waals surface area contributed by atoms with Crippen LogP contribution >= 0.6 is 23.1 Å². The molecule has 7 nitrogen and oxygen atoms in total. The lowest BCUT2D eigenvalue weighted by molar-refractivity contribution is -0.124. The molecule has 9 heteroatoms. The molecule has 0 fully saturated rings. The number of anilines is 2. The highest BCUT2D eigenvalue weighted by molar-refractivity contribution is 8.01. The quantitative estimate of drug-likeness (QED) is 0.567. The molecule has 2 amide bonds. The van der Waals surface area contributed by atoms with Gasteiger partial charge >= 0.3 is 0 Å². The number of rotatable bonds is 9. The van der Waals surface area contributed by atoms with E-state index in [2.05, 4.69) is 52.1 Å². The summed E-state index contributed by atoms with van der Waals surface area (Å²) in [6.45, 7) is 6.71. The Kier molecular flexibility index (Phi) is 7.86. The first-order chi connectivity index (χ1) is 12.5. The summed E-state index contributed by atoms with van der Waals surface area (Å²) in [6, 6.07) is 6.10. The fraction of sp³-hybridized carbons (Fsp3) is 0.412. The fourth-order valence-electron chi connectivity index (χ4n) is 1.95. The molecule has 0 spiro atoms. The maximum atomic E-state index is 11.8. The highest BCUT2D eigenvalue weighted by atomic mass is 32.2. The van der Waals surface area contributed by atoms with Crippen LogP contribution in [0.15, 0.2) is 22.5 Å². The summed E-state index contributed by atoms with van der Waals surface area (Å²) in [4.78, 5) is 23.2. The number of nitrogens with zero attached hydrogens (tertiary/aromatic N) is 2. The van der Waals surface area contributed by atoms with Crippen LogP contribution in [0.1, 0.15) is 24.5 Å². The predicted molar refractivity (Wildman–Crippen MR) is 106 cm³/mol. The lowest BCUT2D eigenvalue weighted by Crippen LogP contribution is -2.37. The summed E-state index contributed by atoms with van der Waals surface area (Å²) in [5.41, 5.74) is 3.39. The van der Waals surface area contributed by atoms with E-state index in [1.54, 1.807) is 0 Å². The number of thioether (sulfide) groups is 1. The summed E-state index contributed by atoms with van der Waals surface area (Å²) in [7, 11) is 0. The van der Waals surface area contributed by atoms with E-state index < -0.39 is 0 Å². The van der Waals surface area contributed by atoms with Crippen molar-refractivity contribution in [2.75, 3.05) is 24.2 Å². The van der Waals surface area contributed by atoms with E-state index in [1.807, 2.05) is 13.0 Å². The van der Waals surface area contributed by atoms with Gasteiger partial charge in [-0.1, -0.05) is 36.1 Å². The van der Waals surface area contributed by atoms with Crippen molar-refractivity contribution in [2.45, 2.75) is 31.5 Å². The Labute approximate surface area is 161 Å². The molecule has 1 aromatic carbocycles. The first kappa shape index (κ1) is 20.2. The zero-order valence-corrected chi connectivity index (χ0v) is 16.7. The zero-order valence-electron chi connectivity index (χ0n) is 15.1. The van der Waals surface area contributed by atoms with Crippen LogP contribution in [-0.2, 0) is 9.59 Å². The van der Waals surface area contributed by atoms with E-state index >= 15 is 0 Å². The SMILES string of the molecule is CCCNC(=O)CNC(=O)CSc1nnc(Nc2ccc(C)c(C)c2)s1. The Bertz CT molecular complexity index is 763. The monoisotopic (exact) mass is 393 g/mol. The van der Waals surface area contributed by atoms with Gasteiger partial charge in [-0.15, -0.1) is 10.2 Å². The second-order valence-electron chi connectivity index (χ2n) is 5.71. The number of carbonyl (C=O) groups is 2. The topological polar surface area (TPSA) is 96.0 Å². The van der Waals surface area contributed by atoms with Gasteiger partial charge in [0, 0.05) is 12.2 Å². The standard InChI is InChI=1S/C17H23N5O2S2/c1-4-7-18-14(23)9-19-15(24)10-25-17-22-21-16(26-17)20-13-6-5-11(2)12(3)8-13/h5-6,8H,4,7,9-10H2,1-3H3,(H,18,23)(H,19,24)(H,20,21). The minimum atomic E-state index is -0.208.